The van der Waals surface area contributed by atoms with Crippen molar-refractivity contribution >= 4 is 0 Å². The molecule has 1 rings (SSSR count). The van der Waals surface area contributed by atoms with Crippen molar-refractivity contribution in [2.45, 2.75) is 13.0 Å². The summed E-state index contributed by atoms with van der Waals surface area (Å²) in [6.07, 6.45) is 0. The SMILES string of the molecule is COc1ccc(OC)c([C@H](C)[NH2+]CCO)c1. The summed E-state index contributed by atoms with van der Waals surface area (Å²) in [7, 11) is 3.30. The third-order valence-corrected chi connectivity index (χ3v) is 2.58. The van der Waals surface area contributed by atoms with Crippen LogP contribution in [-0.2, 0) is 0 Å². The van der Waals surface area contributed by atoms with Gasteiger partial charge in [0.05, 0.1) is 32.9 Å². The van der Waals surface area contributed by atoms with Crippen molar-refractivity contribution < 1.29 is 19.9 Å². The van der Waals surface area contributed by atoms with Crippen LogP contribution in [0, 0.1) is 0 Å². The normalized spacial score (nSPS) is 12.2. The molecule has 0 aliphatic heterocycles. The summed E-state index contributed by atoms with van der Waals surface area (Å²) >= 11 is 0. The van der Waals surface area contributed by atoms with E-state index in [0.29, 0.717) is 6.54 Å². The largest absolute Gasteiger partial charge is 0.497 e. The number of nitrogens with two attached hydrogens (primary N) is 1. The Morgan fingerprint density at radius 1 is 1.31 bits per heavy atom. The molecule has 0 spiro atoms. The molecule has 0 aliphatic carbocycles. The van der Waals surface area contributed by atoms with Gasteiger partial charge in [-0.25, -0.2) is 0 Å². The Bertz CT molecular complexity index is 328. The number of rotatable bonds is 6. The fraction of sp³-hybridized carbons (Fsp3) is 0.500. The zero-order valence-electron chi connectivity index (χ0n) is 10.1. The maximum Gasteiger partial charge on any atom is 0.128 e. The lowest BCUT2D eigenvalue weighted by atomic mass is 10.1. The average molecular weight is 226 g/mol. The zero-order chi connectivity index (χ0) is 12.0. The molecule has 1 atom stereocenters. The Kier molecular flexibility index (Phi) is 5.08. The number of ether oxygens (including phenoxy) is 2. The number of hydrogen-bond donors (Lipinski definition) is 2. The van der Waals surface area contributed by atoms with Gasteiger partial charge >= 0.3 is 0 Å². The molecule has 0 fully saturated rings. The minimum absolute atomic E-state index is 0.177. The number of quaternary nitrogens is 1. The fourth-order valence-corrected chi connectivity index (χ4v) is 1.65. The van der Waals surface area contributed by atoms with Crippen molar-refractivity contribution in [1.82, 2.24) is 0 Å². The molecule has 0 aliphatic rings. The summed E-state index contributed by atoms with van der Waals surface area (Å²) in [6.45, 7) is 2.94. The summed E-state index contributed by atoms with van der Waals surface area (Å²) in [4.78, 5) is 0. The van der Waals surface area contributed by atoms with Gasteiger partial charge in [0.25, 0.3) is 0 Å². The Morgan fingerprint density at radius 3 is 2.62 bits per heavy atom. The molecule has 1 aromatic carbocycles. The summed E-state index contributed by atoms with van der Waals surface area (Å²) in [5, 5.41) is 10.9. The van der Waals surface area contributed by atoms with Crippen LogP contribution in [0.2, 0.25) is 0 Å². The third-order valence-electron chi connectivity index (χ3n) is 2.58. The van der Waals surface area contributed by atoms with Gasteiger partial charge in [-0.2, -0.15) is 0 Å². The van der Waals surface area contributed by atoms with E-state index in [-0.39, 0.29) is 12.6 Å². The van der Waals surface area contributed by atoms with Gasteiger partial charge in [-0.05, 0) is 25.1 Å². The standard InChI is InChI=1S/C12H19NO3/c1-9(13-6-7-14)11-8-10(15-2)4-5-12(11)16-3/h4-5,8-9,13-14H,6-7H2,1-3H3/p+1/t9-/m0/s1. The second-order valence-electron chi connectivity index (χ2n) is 3.64. The highest BCUT2D eigenvalue weighted by molar-refractivity contribution is 5.41. The molecule has 0 saturated heterocycles. The van der Waals surface area contributed by atoms with E-state index in [4.69, 9.17) is 14.6 Å². The summed E-state index contributed by atoms with van der Waals surface area (Å²) in [5.41, 5.74) is 1.08. The van der Waals surface area contributed by atoms with Gasteiger partial charge in [0.2, 0.25) is 0 Å². The van der Waals surface area contributed by atoms with Crippen LogP contribution in [-0.4, -0.2) is 32.5 Å². The topological polar surface area (TPSA) is 55.3 Å². The summed E-state index contributed by atoms with van der Waals surface area (Å²) in [5.74, 6) is 1.67. The Hall–Kier alpha value is -1.26. The molecule has 0 radical (unpaired) electrons. The summed E-state index contributed by atoms with van der Waals surface area (Å²) < 4.78 is 10.5. The molecule has 4 heteroatoms. The lowest BCUT2D eigenvalue weighted by Crippen LogP contribution is -2.85. The van der Waals surface area contributed by atoms with Crippen LogP contribution in [0.3, 0.4) is 0 Å². The van der Waals surface area contributed by atoms with E-state index in [0.717, 1.165) is 17.1 Å². The predicted octanol–water partition coefficient (Wildman–Crippen LogP) is 0.320. The predicted molar refractivity (Wildman–Crippen MR) is 61.8 cm³/mol. The summed E-state index contributed by atoms with van der Waals surface area (Å²) in [6, 6.07) is 5.98. The van der Waals surface area contributed by atoms with Crippen LogP contribution in [0.25, 0.3) is 0 Å². The molecule has 0 bridgehead atoms. The minimum atomic E-state index is 0.177. The number of aliphatic hydroxyl groups is 1. The van der Waals surface area contributed by atoms with Crippen molar-refractivity contribution in [3.05, 3.63) is 23.8 Å². The van der Waals surface area contributed by atoms with Crippen LogP contribution in [0.15, 0.2) is 18.2 Å². The van der Waals surface area contributed by atoms with E-state index in [9.17, 15) is 0 Å². The Balaban J connectivity index is 2.89. The van der Waals surface area contributed by atoms with E-state index in [1.54, 1.807) is 14.2 Å². The molecule has 0 aromatic heterocycles. The number of aliphatic hydroxyl groups excluding tert-OH is 1. The second-order valence-corrected chi connectivity index (χ2v) is 3.64. The molecular weight excluding hydrogens is 206 g/mol. The van der Waals surface area contributed by atoms with Gasteiger partial charge in [0.1, 0.15) is 17.5 Å². The van der Waals surface area contributed by atoms with Gasteiger partial charge in [0.15, 0.2) is 0 Å². The molecule has 16 heavy (non-hydrogen) atoms. The van der Waals surface area contributed by atoms with E-state index >= 15 is 0 Å². The monoisotopic (exact) mass is 226 g/mol. The smallest absolute Gasteiger partial charge is 0.128 e. The first-order valence-corrected chi connectivity index (χ1v) is 5.39. The Morgan fingerprint density at radius 2 is 2.06 bits per heavy atom. The van der Waals surface area contributed by atoms with Crippen LogP contribution in [0.5, 0.6) is 11.5 Å². The quantitative estimate of drug-likeness (QED) is 0.734. The second kappa shape index (κ2) is 6.35. The lowest BCUT2D eigenvalue weighted by Gasteiger charge is -2.15. The molecule has 4 nitrogen and oxygen atoms in total. The Labute approximate surface area is 96.2 Å². The molecule has 0 saturated carbocycles. The first-order valence-electron chi connectivity index (χ1n) is 5.39. The maximum absolute atomic E-state index is 8.80. The molecule has 0 amide bonds. The number of methoxy groups -OCH3 is 2. The minimum Gasteiger partial charge on any atom is -0.497 e. The van der Waals surface area contributed by atoms with Gasteiger partial charge in [-0.3, -0.25) is 0 Å². The average Bonchev–Trinajstić information content (AvgIpc) is 2.35. The number of benzene rings is 1. The van der Waals surface area contributed by atoms with Crippen LogP contribution >= 0.6 is 0 Å². The van der Waals surface area contributed by atoms with Crippen molar-refractivity contribution in [3.8, 4) is 11.5 Å². The maximum atomic E-state index is 8.80. The highest BCUT2D eigenvalue weighted by Crippen LogP contribution is 2.27. The molecule has 90 valence electrons. The van der Waals surface area contributed by atoms with E-state index < -0.39 is 0 Å². The first kappa shape index (κ1) is 12.8. The van der Waals surface area contributed by atoms with Crippen molar-refractivity contribution in [3.63, 3.8) is 0 Å². The van der Waals surface area contributed by atoms with Crippen molar-refractivity contribution in [2.75, 3.05) is 27.4 Å². The number of hydrogen-bond acceptors (Lipinski definition) is 3. The molecule has 3 N–H and O–H groups in total. The van der Waals surface area contributed by atoms with Crippen LogP contribution < -0.4 is 14.8 Å². The van der Waals surface area contributed by atoms with Gasteiger partial charge in [-0.1, -0.05) is 0 Å². The van der Waals surface area contributed by atoms with Gasteiger partial charge < -0.3 is 19.9 Å². The van der Waals surface area contributed by atoms with E-state index in [1.165, 1.54) is 0 Å². The third kappa shape index (κ3) is 3.12. The highest BCUT2D eigenvalue weighted by Gasteiger charge is 2.14. The fourth-order valence-electron chi connectivity index (χ4n) is 1.65. The van der Waals surface area contributed by atoms with E-state index in [2.05, 4.69) is 12.2 Å². The van der Waals surface area contributed by atoms with Gasteiger partial charge in [-0.15, -0.1) is 0 Å². The highest BCUT2D eigenvalue weighted by atomic mass is 16.5. The molecule has 0 unspecified atom stereocenters. The van der Waals surface area contributed by atoms with E-state index in [1.807, 2.05) is 18.2 Å². The van der Waals surface area contributed by atoms with Crippen LogP contribution in [0.4, 0.5) is 0 Å². The van der Waals surface area contributed by atoms with Crippen LogP contribution in [0.1, 0.15) is 18.5 Å². The zero-order valence-corrected chi connectivity index (χ0v) is 10.1. The van der Waals surface area contributed by atoms with Crippen molar-refractivity contribution in [1.29, 1.82) is 0 Å². The van der Waals surface area contributed by atoms with Gasteiger partial charge in [0, 0.05) is 0 Å². The molecule has 1 aromatic rings. The first-order chi connectivity index (χ1) is 7.72. The van der Waals surface area contributed by atoms with Crippen molar-refractivity contribution in [2.24, 2.45) is 0 Å². The lowest BCUT2D eigenvalue weighted by molar-refractivity contribution is -0.693. The molecular formula is C12H20NO3+. The molecule has 0 heterocycles.